The Labute approximate surface area is 112 Å². The van der Waals surface area contributed by atoms with Crippen LogP contribution in [-0.4, -0.2) is 42.4 Å². The quantitative estimate of drug-likeness (QED) is 0.815. The number of hydrogen-bond acceptors (Lipinski definition) is 6. The van der Waals surface area contributed by atoms with Gasteiger partial charge in [-0.1, -0.05) is 0 Å². The van der Waals surface area contributed by atoms with Crippen molar-refractivity contribution in [1.29, 1.82) is 0 Å². The minimum absolute atomic E-state index is 0.207. The summed E-state index contributed by atoms with van der Waals surface area (Å²) in [5.74, 6) is -0.00175. The van der Waals surface area contributed by atoms with E-state index in [4.69, 9.17) is 14.3 Å². The first kappa shape index (κ1) is 13.9. The number of piperidine rings is 1. The van der Waals surface area contributed by atoms with Crippen LogP contribution in [0.5, 0.6) is 0 Å². The summed E-state index contributed by atoms with van der Waals surface area (Å²) < 4.78 is 10.2. The summed E-state index contributed by atoms with van der Waals surface area (Å²) in [6.07, 6.45) is 4.29. The van der Waals surface area contributed by atoms with Crippen molar-refractivity contribution in [2.75, 3.05) is 31.2 Å². The maximum Gasteiger partial charge on any atom is 0.360 e. The van der Waals surface area contributed by atoms with Gasteiger partial charge in [-0.3, -0.25) is 0 Å². The molecule has 6 heteroatoms. The molecule has 1 fully saturated rings. The number of aromatic nitrogens is 1. The summed E-state index contributed by atoms with van der Waals surface area (Å²) in [5.41, 5.74) is 0.209. The van der Waals surface area contributed by atoms with Crippen molar-refractivity contribution in [2.24, 2.45) is 5.92 Å². The molecule has 106 valence electrons. The summed E-state index contributed by atoms with van der Waals surface area (Å²) in [6.45, 7) is 3.96. The van der Waals surface area contributed by atoms with Crippen LogP contribution in [0.2, 0.25) is 0 Å². The first-order valence-corrected chi connectivity index (χ1v) is 6.73. The Balaban J connectivity index is 1.99. The van der Waals surface area contributed by atoms with E-state index >= 15 is 0 Å². The van der Waals surface area contributed by atoms with E-state index in [1.807, 2.05) is 4.90 Å². The van der Waals surface area contributed by atoms with E-state index in [1.54, 1.807) is 6.92 Å². The average molecular weight is 268 g/mol. The predicted molar refractivity (Wildman–Crippen MR) is 69.1 cm³/mol. The van der Waals surface area contributed by atoms with Gasteiger partial charge in [-0.05, 0) is 32.1 Å². The van der Waals surface area contributed by atoms with Crippen LogP contribution in [0.1, 0.15) is 36.7 Å². The fourth-order valence-electron chi connectivity index (χ4n) is 2.37. The summed E-state index contributed by atoms with van der Waals surface area (Å²) in [5, 5.41) is 8.99. The van der Waals surface area contributed by atoms with Crippen LogP contribution in [0.25, 0.3) is 0 Å². The Kier molecular flexibility index (Phi) is 4.79. The molecule has 1 unspecified atom stereocenters. The van der Waals surface area contributed by atoms with Crippen molar-refractivity contribution in [3.63, 3.8) is 0 Å². The van der Waals surface area contributed by atoms with Crippen LogP contribution in [-0.2, 0) is 4.74 Å². The number of oxazole rings is 1. The molecule has 1 saturated heterocycles. The van der Waals surface area contributed by atoms with Crippen molar-refractivity contribution < 1.29 is 19.1 Å². The number of anilines is 1. The molecular formula is C13H20N2O4. The maximum atomic E-state index is 11.5. The molecule has 0 bridgehead atoms. The molecule has 0 aromatic carbocycles. The van der Waals surface area contributed by atoms with Gasteiger partial charge < -0.3 is 19.2 Å². The number of aliphatic hydroxyl groups is 1. The van der Waals surface area contributed by atoms with Crippen LogP contribution in [0.15, 0.2) is 10.7 Å². The Morgan fingerprint density at radius 3 is 3.26 bits per heavy atom. The minimum atomic E-state index is -0.457. The van der Waals surface area contributed by atoms with Gasteiger partial charge in [0.25, 0.3) is 6.01 Å². The normalized spacial score (nSPS) is 19.5. The van der Waals surface area contributed by atoms with Crippen molar-refractivity contribution >= 4 is 12.0 Å². The molecule has 6 nitrogen and oxygen atoms in total. The molecule has 0 saturated carbocycles. The van der Waals surface area contributed by atoms with E-state index in [-0.39, 0.29) is 12.3 Å². The molecule has 1 aliphatic heterocycles. The highest BCUT2D eigenvalue weighted by Gasteiger charge is 2.24. The lowest BCUT2D eigenvalue weighted by Crippen LogP contribution is -2.36. The van der Waals surface area contributed by atoms with E-state index < -0.39 is 5.97 Å². The molecule has 0 aliphatic carbocycles. The molecular weight excluding hydrogens is 248 g/mol. The summed E-state index contributed by atoms with van der Waals surface area (Å²) in [6, 6.07) is 0.464. The van der Waals surface area contributed by atoms with Crippen molar-refractivity contribution in [2.45, 2.75) is 26.2 Å². The van der Waals surface area contributed by atoms with Crippen molar-refractivity contribution in [3.8, 4) is 0 Å². The first-order chi connectivity index (χ1) is 9.24. The lowest BCUT2D eigenvalue weighted by Gasteiger charge is -2.31. The number of carbonyl (C=O) groups is 1. The Morgan fingerprint density at radius 1 is 1.68 bits per heavy atom. The van der Waals surface area contributed by atoms with Gasteiger partial charge in [0, 0.05) is 19.7 Å². The van der Waals surface area contributed by atoms with Crippen LogP contribution in [0, 0.1) is 5.92 Å². The molecule has 2 rings (SSSR count). The zero-order valence-electron chi connectivity index (χ0n) is 11.2. The Morgan fingerprint density at radius 2 is 2.53 bits per heavy atom. The summed E-state index contributed by atoms with van der Waals surface area (Å²) in [7, 11) is 0. The lowest BCUT2D eigenvalue weighted by atomic mass is 9.95. The lowest BCUT2D eigenvalue weighted by molar-refractivity contribution is 0.0519. The van der Waals surface area contributed by atoms with Gasteiger partial charge >= 0.3 is 5.97 Å². The maximum absolute atomic E-state index is 11.5. The van der Waals surface area contributed by atoms with Crippen LogP contribution >= 0.6 is 0 Å². The van der Waals surface area contributed by atoms with Gasteiger partial charge in [-0.15, -0.1) is 0 Å². The number of rotatable bonds is 5. The second-order valence-corrected chi connectivity index (χ2v) is 4.70. The zero-order chi connectivity index (χ0) is 13.7. The van der Waals surface area contributed by atoms with Gasteiger partial charge in [0.1, 0.15) is 6.26 Å². The van der Waals surface area contributed by atoms with Gasteiger partial charge in [-0.2, -0.15) is 4.98 Å². The molecule has 1 N–H and O–H groups in total. The third kappa shape index (κ3) is 3.47. The molecule has 2 heterocycles. The predicted octanol–water partition coefficient (Wildman–Crippen LogP) is 1.45. The second-order valence-electron chi connectivity index (χ2n) is 4.70. The number of aliphatic hydroxyl groups excluding tert-OH is 1. The number of esters is 1. The molecule has 1 aromatic rings. The van der Waals surface area contributed by atoms with Gasteiger partial charge in [0.05, 0.1) is 6.61 Å². The van der Waals surface area contributed by atoms with Crippen molar-refractivity contribution in [1.82, 2.24) is 4.98 Å². The molecule has 1 atom stereocenters. The zero-order valence-corrected chi connectivity index (χ0v) is 11.2. The Hall–Kier alpha value is -1.56. The largest absolute Gasteiger partial charge is 0.461 e. The highest BCUT2D eigenvalue weighted by molar-refractivity contribution is 5.87. The standard InChI is InChI=1S/C13H20N2O4/c1-2-18-12(17)11-9-19-13(14-11)15-6-3-4-10(8-15)5-7-16/h9-10,16H,2-8H2,1H3. The fraction of sp³-hybridized carbons (Fsp3) is 0.692. The average Bonchev–Trinajstić information content (AvgIpc) is 2.89. The molecule has 0 spiro atoms. The fourth-order valence-corrected chi connectivity index (χ4v) is 2.37. The number of carbonyl (C=O) groups excluding carboxylic acids is 1. The highest BCUT2D eigenvalue weighted by atomic mass is 16.5. The smallest absolute Gasteiger partial charge is 0.360 e. The number of ether oxygens (including phenoxy) is 1. The van der Waals surface area contributed by atoms with Gasteiger partial charge in [0.15, 0.2) is 5.69 Å². The SMILES string of the molecule is CCOC(=O)c1coc(N2CCCC(CCO)C2)n1. The minimum Gasteiger partial charge on any atom is -0.461 e. The van der Waals surface area contributed by atoms with E-state index in [0.29, 0.717) is 18.5 Å². The topological polar surface area (TPSA) is 75.8 Å². The molecule has 19 heavy (non-hydrogen) atoms. The molecule has 1 aliphatic rings. The van der Waals surface area contributed by atoms with Gasteiger partial charge in [-0.25, -0.2) is 4.79 Å². The first-order valence-electron chi connectivity index (χ1n) is 6.73. The third-order valence-electron chi connectivity index (χ3n) is 3.30. The van der Waals surface area contributed by atoms with Crippen LogP contribution in [0.4, 0.5) is 6.01 Å². The third-order valence-corrected chi connectivity index (χ3v) is 3.30. The van der Waals surface area contributed by atoms with E-state index in [2.05, 4.69) is 4.98 Å². The highest BCUT2D eigenvalue weighted by Crippen LogP contribution is 2.24. The number of nitrogens with zero attached hydrogens (tertiary/aromatic N) is 2. The molecule has 0 radical (unpaired) electrons. The summed E-state index contributed by atoms with van der Waals surface area (Å²) in [4.78, 5) is 17.7. The molecule has 0 amide bonds. The van der Waals surface area contributed by atoms with Crippen LogP contribution in [0.3, 0.4) is 0 Å². The van der Waals surface area contributed by atoms with E-state index in [9.17, 15) is 4.79 Å². The summed E-state index contributed by atoms with van der Waals surface area (Å²) >= 11 is 0. The van der Waals surface area contributed by atoms with E-state index in [1.165, 1.54) is 6.26 Å². The monoisotopic (exact) mass is 268 g/mol. The van der Waals surface area contributed by atoms with Crippen molar-refractivity contribution in [3.05, 3.63) is 12.0 Å². The van der Waals surface area contributed by atoms with Gasteiger partial charge in [0.2, 0.25) is 0 Å². The second kappa shape index (κ2) is 6.56. The van der Waals surface area contributed by atoms with Crippen LogP contribution < -0.4 is 4.90 Å². The Bertz CT molecular complexity index is 417. The molecule has 1 aromatic heterocycles. The van der Waals surface area contributed by atoms with E-state index in [0.717, 1.165) is 32.4 Å². The number of hydrogen-bond donors (Lipinski definition) is 1.